The number of rotatable bonds is 4. The van der Waals surface area contributed by atoms with Crippen LogP contribution in [0, 0.1) is 11.6 Å². The van der Waals surface area contributed by atoms with Gasteiger partial charge in [-0.1, -0.05) is 6.07 Å². The summed E-state index contributed by atoms with van der Waals surface area (Å²) in [6.45, 7) is 3.80. The van der Waals surface area contributed by atoms with Gasteiger partial charge in [0.15, 0.2) is 11.6 Å². The summed E-state index contributed by atoms with van der Waals surface area (Å²) in [5.74, 6) is -1.67. The third-order valence-electron chi connectivity index (χ3n) is 2.12. The normalized spacial score (nSPS) is 11.9. The monoisotopic (exact) mass is 229 g/mol. The van der Waals surface area contributed by atoms with Gasteiger partial charge < -0.3 is 10.5 Å². The minimum absolute atomic E-state index is 0.259. The molecule has 0 spiro atoms. The molecule has 90 valence electrons. The second-order valence-electron chi connectivity index (χ2n) is 4.65. The molecule has 0 heterocycles. The smallest absolute Gasteiger partial charge is 0.162 e. The van der Waals surface area contributed by atoms with Crippen molar-refractivity contribution in [3.8, 4) is 0 Å². The molecule has 0 bridgehead atoms. The molecule has 0 aliphatic carbocycles. The summed E-state index contributed by atoms with van der Waals surface area (Å²) in [5.41, 5.74) is 6.12. The van der Waals surface area contributed by atoms with Crippen molar-refractivity contribution in [1.29, 1.82) is 0 Å². The number of nitrogens with two attached hydrogens (primary N) is 1. The Balaban J connectivity index is 3.06. The molecule has 1 aromatic carbocycles. The number of halogens is 2. The molecule has 0 atom stereocenters. The average molecular weight is 229 g/mol. The quantitative estimate of drug-likeness (QED) is 0.860. The maximum absolute atomic E-state index is 13.5. The fourth-order valence-electron chi connectivity index (χ4n) is 1.58. The highest BCUT2D eigenvalue weighted by Crippen LogP contribution is 2.19. The van der Waals surface area contributed by atoms with Crippen molar-refractivity contribution in [3.63, 3.8) is 0 Å². The highest BCUT2D eigenvalue weighted by Gasteiger charge is 2.18. The first-order chi connectivity index (χ1) is 7.33. The highest BCUT2D eigenvalue weighted by atomic mass is 19.2. The van der Waals surface area contributed by atoms with Crippen molar-refractivity contribution in [3.05, 3.63) is 34.9 Å². The largest absolute Gasteiger partial charge is 0.380 e. The molecule has 2 N–H and O–H groups in total. The zero-order valence-electron chi connectivity index (χ0n) is 9.81. The van der Waals surface area contributed by atoms with Crippen LogP contribution in [-0.2, 0) is 17.8 Å². The third kappa shape index (κ3) is 3.54. The van der Waals surface area contributed by atoms with E-state index in [-0.39, 0.29) is 13.0 Å². The maximum Gasteiger partial charge on any atom is 0.162 e. The van der Waals surface area contributed by atoms with E-state index in [1.165, 1.54) is 7.11 Å². The first kappa shape index (κ1) is 13.1. The Labute approximate surface area is 94.4 Å². The molecule has 1 rings (SSSR count). The first-order valence-corrected chi connectivity index (χ1v) is 5.08. The van der Waals surface area contributed by atoms with Crippen molar-refractivity contribution in [2.75, 3.05) is 7.11 Å². The minimum Gasteiger partial charge on any atom is -0.380 e. The van der Waals surface area contributed by atoms with Gasteiger partial charge in [0.05, 0.1) is 6.61 Å². The molecule has 1 aromatic rings. The Morgan fingerprint density at radius 3 is 2.44 bits per heavy atom. The van der Waals surface area contributed by atoms with E-state index in [1.54, 1.807) is 19.9 Å². The van der Waals surface area contributed by atoms with Gasteiger partial charge in [0.25, 0.3) is 0 Å². The molecule has 0 aliphatic heterocycles. The van der Waals surface area contributed by atoms with Crippen molar-refractivity contribution < 1.29 is 13.5 Å². The van der Waals surface area contributed by atoms with Crippen LogP contribution >= 0.6 is 0 Å². The van der Waals surface area contributed by atoms with Crippen molar-refractivity contribution >= 4 is 0 Å². The van der Waals surface area contributed by atoms with Crippen LogP contribution in [0.15, 0.2) is 12.1 Å². The summed E-state index contributed by atoms with van der Waals surface area (Å²) in [6, 6.07) is 2.74. The Bertz CT molecular complexity index is 372. The van der Waals surface area contributed by atoms with Gasteiger partial charge >= 0.3 is 0 Å². The second-order valence-corrected chi connectivity index (χ2v) is 4.65. The molecule has 0 fully saturated rings. The Morgan fingerprint density at radius 1 is 1.31 bits per heavy atom. The van der Waals surface area contributed by atoms with E-state index in [4.69, 9.17) is 10.5 Å². The molecule has 0 aliphatic rings. The highest BCUT2D eigenvalue weighted by molar-refractivity contribution is 5.27. The molecular formula is C12H17F2NO. The standard InChI is InChI=1S/C12H17F2NO/c1-12(2,15)6-9-4-8(7-16-3)5-10(13)11(9)14/h4-5H,6-7,15H2,1-3H3. The van der Waals surface area contributed by atoms with Gasteiger partial charge in [0.1, 0.15) is 0 Å². The molecule has 0 saturated heterocycles. The molecule has 0 aromatic heterocycles. The SMILES string of the molecule is COCc1cc(F)c(F)c(CC(C)(C)N)c1. The van der Waals surface area contributed by atoms with Crippen molar-refractivity contribution in [2.24, 2.45) is 5.73 Å². The van der Waals surface area contributed by atoms with Gasteiger partial charge in [0.2, 0.25) is 0 Å². The molecule has 0 radical (unpaired) electrons. The summed E-state index contributed by atoms with van der Waals surface area (Å²) >= 11 is 0. The lowest BCUT2D eigenvalue weighted by molar-refractivity contribution is 0.184. The zero-order chi connectivity index (χ0) is 12.3. The second kappa shape index (κ2) is 4.89. The van der Waals surface area contributed by atoms with Crippen LogP contribution in [0.1, 0.15) is 25.0 Å². The number of methoxy groups -OCH3 is 1. The van der Waals surface area contributed by atoms with Gasteiger partial charge in [-0.25, -0.2) is 8.78 Å². The topological polar surface area (TPSA) is 35.2 Å². The third-order valence-corrected chi connectivity index (χ3v) is 2.12. The molecule has 16 heavy (non-hydrogen) atoms. The first-order valence-electron chi connectivity index (χ1n) is 5.08. The van der Waals surface area contributed by atoms with Gasteiger partial charge in [0, 0.05) is 12.6 Å². The van der Waals surface area contributed by atoms with E-state index >= 15 is 0 Å². The number of hydrogen-bond acceptors (Lipinski definition) is 2. The van der Waals surface area contributed by atoms with Gasteiger partial charge in [-0.3, -0.25) is 0 Å². The van der Waals surface area contributed by atoms with Crippen LogP contribution in [0.5, 0.6) is 0 Å². The van der Waals surface area contributed by atoms with E-state index < -0.39 is 17.2 Å². The molecule has 4 heteroatoms. The Morgan fingerprint density at radius 2 is 1.94 bits per heavy atom. The van der Waals surface area contributed by atoms with E-state index in [2.05, 4.69) is 0 Å². The van der Waals surface area contributed by atoms with Crippen LogP contribution in [0.25, 0.3) is 0 Å². The van der Waals surface area contributed by atoms with Gasteiger partial charge in [-0.05, 0) is 37.5 Å². The van der Waals surface area contributed by atoms with Gasteiger partial charge in [-0.2, -0.15) is 0 Å². The van der Waals surface area contributed by atoms with E-state index in [1.807, 2.05) is 0 Å². The maximum atomic E-state index is 13.5. The Kier molecular flexibility index (Phi) is 3.99. The predicted molar refractivity (Wildman–Crippen MR) is 59.0 cm³/mol. The van der Waals surface area contributed by atoms with Crippen LogP contribution in [-0.4, -0.2) is 12.6 Å². The fourth-order valence-corrected chi connectivity index (χ4v) is 1.58. The molecule has 0 saturated carbocycles. The number of ether oxygens (including phenoxy) is 1. The summed E-state index contributed by atoms with van der Waals surface area (Å²) in [5, 5.41) is 0. The summed E-state index contributed by atoms with van der Waals surface area (Å²) < 4.78 is 31.6. The van der Waals surface area contributed by atoms with E-state index in [9.17, 15) is 8.78 Å². The lowest BCUT2D eigenvalue weighted by atomic mass is 9.94. The van der Waals surface area contributed by atoms with Gasteiger partial charge in [-0.15, -0.1) is 0 Å². The van der Waals surface area contributed by atoms with Crippen LogP contribution in [0.4, 0.5) is 8.78 Å². The zero-order valence-corrected chi connectivity index (χ0v) is 9.81. The summed E-state index contributed by atoms with van der Waals surface area (Å²) in [4.78, 5) is 0. The van der Waals surface area contributed by atoms with Crippen LogP contribution in [0.3, 0.4) is 0 Å². The van der Waals surface area contributed by atoms with E-state index in [0.29, 0.717) is 11.1 Å². The molecule has 0 unspecified atom stereocenters. The van der Waals surface area contributed by atoms with Crippen LogP contribution < -0.4 is 5.73 Å². The lowest BCUT2D eigenvalue weighted by Gasteiger charge is -2.19. The fraction of sp³-hybridized carbons (Fsp3) is 0.500. The van der Waals surface area contributed by atoms with E-state index in [0.717, 1.165) is 6.07 Å². The molecule has 2 nitrogen and oxygen atoms in total. The predicted octanol–water partition coefficient (Wildman–Crippen LogP) is 2.39. The number of benzene rings is 1. The summed E-state index contributed by atoms with van der Waals surface area (Å²) in [7, 11) is 1.51. The molecule has 0 amide bonds. The minimum atomic E-state index is -0.853. The average Bonchev–Trinajstić information content (AvgIpc) is 2.11. The Hall–Kier alpha value is -1.00. The number of hydrogen-bond donors (Lipinski definition) is 1. The molecular weight excluding hydrogens is 212 g/mol. The lowest BCUT2D eigenvalue weighted by Crippen LogP contribution is -2.34. The van der Waals surface area contributed by atoms with Crippen LogP contribution in [0.2, 0.25) is 0 Å². The van der Waals surface area contributed by atoms with Crippen molar-refractivity contribution in [2.45, 2.75) is 32.4 Å². The summed E-state index contributed by atoms with van der Waals surface area (Å²) in [6.07, 6.45) is 0.285. The van der Waals surface area contributed by atoms with Crippen molar-refractivity contribution in [1.82, 2.24) is 0 Å².